The number of piperidine rings is 1. The fourth-order valence-corrected chi connectivity index (χ4v) is 4.72. The SMILES string of the molecule is CN1CCCC(N2CCS(=O)(=O)CC2CC(=O)O)C1. The minimum atomic E-state index is -3.08. The van der Waals surface area contributed by atoms with Crippen LogP contribution in [0, 0.1) is 0 Å². The lowest BCUT2D eigenvalue weighted by Crippen LogP contribution is -2.57. The summed E-state index contributed by atoms with van der Waals surface area (Å²) in [4.78, 5) is 15.3. The van der Waals surface area contributed by atoms with E-state index in [2.05, 4.69) is 16.8 Å². The summed E-state index contributed by atoms with van der Waals surface area (Å²) in [6.07, 6.45) is 2.03. The van der Waals surface area contributed by atoms with E-state index in [4.69, 9.17) is 5.11 Å². The van der Waals surface area contributed by atoms with Gasteiger partial charge in [-0.05, 0) is 26.4 Å². The Labute approximate surface area is 114 Å². The Kier molecular flexibility index (Phi) is 4.47. The fourth-order valence-electron chi connectivity index (χ4n) is 3.17. The highest BCUT2D eigenvalue weighted by Gasteiger charge is 2.37. The van der Waals surface area contributed by atoms with Gasteiger partial charge in [-0.25, -0.2) is 8.42 Å². The first-order chi connectivity index (χ1) is 8.87. The maximum Gasteiger partial charge on any atom is 0.304 e. The average Bonchev–Trinajstić information content (AvgIpc) is 2.27. The van der Waals surface area contributed by atoms with Crippen molar-refractivity contribution in [2.24, 2.45) is 0 Å². The molecule has 0 aliphatic carbocycles. The molecular formula is C12H22N2O4S. The first-order valence-corrected chi connectivity index (χ1v) is 8.56. The maximum absolute atomic E-state index is 11.7. The van der Waals surface area contributed by atoms with Crippen molar-refractivity contribution in [2.45, 2.75) is 31.3 Å². The molecule has 1 N–H and O–H groups in total. The molecule has 2 rings (SSSR count). The summed E-state index contributed by atoms with van der Waals surface area (Å²) in [6.45, 7) is 2.43. The second-order valence-corrected chi connectivity index (χ2v) is 7.89. The Balaban J connectivity index is 2.09. The molecule has 6 nitrogen and oxygen atoms in total. The van der Waals surface area contributed by atoms with Crippen LogP contribution < -0.4 is 0 Å². The monoisotopic (exact) mass is 290 g/mol. The molecule has 0 bridgehead atoms. The third kappa shape index (κ3) is 3.90. The van der Waals surface area contributed by atoms with Crippen molar-refractivity contribution in [1.82, 2.24) is 9.80 Å². The van der Waals surface area contributed by atoms with Crippen molar-refractivity contribution in [3.05, 3.63) is 0 Å². The van der Waals surface area contributed by atoms with Crippen LogP contribution in [0.1, 0.15) is 19.3 Å². The van der Waals surface area contributed by atoms with Crippen LogP contribution in [0.15, 0.2) is 0 Å². The smallest absolute Gasteiger partial charge is 0.304 e. The fraction of sp³-hybridized carbons (Fsp3) is 0.917. The van der Waals surface area contributed by atoms with Gasteiger partial charge in [-0.3, -0.25) is 9.69 Å². The van der Waals surface area contributed by atoms with Gasteiger partial charge in [0.1, 0.15) is 0 Å². The van der Waals surface area contributed by atoms with E-state index in [0.29, 0.717) is 12.6 Å². The molecule has 7 heteroatoms. The average molecular weight is 290 g/mol. The van der Waals surface area contributed by atoms with Gasteiger partial charge < -0.3 is 10.0 Å². The molecule has 2 atom stereocenters. The van der Waals surface area contributed by atoms with E-state index in [-0.39, 0.29) is 24.0 Å². The van der Waals surface area contributed by atoms with Crippen molar-refractivity contribution < 1.29 is 18.3 Å². The first kappa shape index (κ1) is 14.7. The van der Waals surface area contributed by atoms with E-state index in [9.17, 15) is 13.2 Å². The van der Waals surface area contributed by atoms with Gasteiger partial charge in [-0.2, -0.15) is 0 Å². The van der Waals surface area contributed by atoms with E-state index >= 15 is 0 Å². The zero-order chi connectivity index (χ0) is 14.0. The highest BCUT2D eigenvalue weighted by Crippen LogP contribution is 2.23. The molecule has 0 spiro atoms. The number of carboxylic acid groups (broad SMARTS) is 1. The molecule has 0 aromatic rings. The summed E-state index contributed by atoms with van der Waals surface area (Å²) in [5.41, 5.74) is 0. The summed E-state index contributed by atoms with van der Waals surface area (Å²) in [5.74, 6) is -0.778. The molecule has 0 aromatic heterocycles. The molecule has 2 unspecified atom stereocenters. The Morgan fingerprint density at radius 2 is 2.11 bits per heavy atom. The molecule has 19 heavy (non-hydrogen) atoms. The number of carboxylic acids is 1. The Bertz CT molecular complexity index is 437. The molecule has 110 valence electrons. The molecule has 2 fully saturated rings. The van der Waals surface area contributed by atoms with Crippen molar-refractivity contribution in [3.8, 4) is 0 Å². The molecule has 2 aliphatic rings. The molecule has 0 aromatic carbocycles. The molecule has 0 radical (unpaired) electrons. The zero-order valence-corrected chi connectivity index (χ0v) is 12.1. The molecule has 0 saturated carbocycles. The lowest BCUT2D eigenvalue weighted by atomic mass is 10.0. The van der Waals surface area contributed by atoms with Gasteiger partial charge in [0, 0.05) is 25.2 Å². The van der Waals surface area contributed by atoms with E-state index in [1.807, 2.05) is 0 Å². The number of nitrogens with zero attached hydrogens (tertiary/aromatic N) is 2. The van der Waals surface area contributed by atoms with Crippen molar-refractivity contribution in [2.75, 3.05) is 38.2 Å². The van der Waals surface area contributed by atoms with Crippen molar-refractivity contribution >= 4 is 15.8 Å². The number of likely N-dealkylation sites (N-methyl/N-ethyl adjacent to an activating group) is 1. The van der Waals surface area contributed by atoms with Gasteiger partial charge in [0.2, 0.25) is 0 Å². The maximum atomic E-state index is 11.7. The topological polar surface area (TPSA) is 77.9 Å². The minimum absolute atomic E-state index is 0.0144. The van der Waals surface area contributed by atoms with Crippen LogP contribution in [0.25, 0.3) is 0 Å². The number of hydrogen-bond acceptors (Lipinski definition) is 5. The number of carbonyl (C=O) groups is 1. The minimum Gasteiger partial charge on any atom is -0.481 e. The van der Waals surface area contributed by atoms with Gasteiger partial charge >= 0.3 is 5.97 Å². The third-order valence-electron chi connectivity index (χ3n) is 4.05. The Hall–Kier alpha value is -0.660. The predicted molar refractivity (Wildman–Crippen MR) is 71.9 cm³/mol. The number of hydrogen-bond donors (Lipinski definition) is 1. The van der Waals surface area contributed by atoms with Crippen LogP contribution in [0.3, 0.4) is 0 Å². The molecule has 2 aliphatic heterocycles. The van der Waals surface area contributed by atoms with Gasteiger partial charge in [-0.1, -0.05) is 0 Å². The number of sulfone groups is 1. The number of rotatable bonds is 3. The summed E-state index contributed by atoms with van der Waals surface area (Å²) in [7, 11) is -1.03. The molecular weight excluding hydrogens is 268 g/mol. The van der Waals surface area contributed by atoms with Gasteiger partial charge in [0.15, 0.2) is 9.84 Å². The quantitative estimate of drug-likeness (QED) is 0.766. The highest BCUT2D eigenvalue weighted by atomic mass is 32.2. The normalized spacial score (nSPS) is 33.1. The van der Waals surface area contributed by atoms with E-state index in [1.54, 1.807) is 0 Å². The zero-order valence-electron chi connectivity index (χ0n) is 11.3. The van der Waals surface area contributed by atoms with Gasteiger partial charge in [0.25, 0.3) is 0 Å². The summed E-state index contributed by atoms with van der Waals surface area (Å²) in [6, 6.07) is -0.0775. The Morgan fingerprint density at radius 3 is 2.74 bits per heavy atom. The van der Waals surface area contributed by atoms with E-state index < -0.39 is 15.8 Å². The summed E-state index contributed by atoms with van der Waals surface area (Å²) < 4.78 is 23.4. The van der Waals surface area contributed by atoms with Crippen LogP contribution in [-0.4, -0.2) is 79.6 Å². The second-order valence-electron chi connectivity index (χ2n) is 5.66. The van der Waals surface area contributed by atoms with E-state index in [1.165, 1.54) is 0 Å². The molecule has 2 saturated heterocycles. The van der Waals surface area contributed by atoms with Crippen molar-refractivity contribution in [3.63, 3.8) is 0 Å². The standard InChI is InChI=1S/C12H22N2O4S/c1-13-4-2-3-10(8-13)14-5-6-19(17,18)9-11(14)7-12(15)16/h10-11H,2-9H2,1H3,(H,15,16). The lowest BCUT2D eigenvalue weighted by molar-refractivity contribution is -0.138. The lowest BCUT2D eigenvalue weighted by Gasteiger charge is -2.43. The third-order valence-corrected chi connectivity index (χ3v) is 5.75. The van der Waals surface area contributed by atoms with Crippen LogP contribution in [-0.2, 0) is 14.6 Å². The Morgan fingerprint density at radius 1 is 1.37 bits per heavy atom. The van der Waals surface area contributed by atoms with Crippen LogP contribution in [0.2, 0.25) is 0 Å². The van der Waals surface area contributed by atoms with Crippen molar-refractivity contribution in [1.29, 1.82) is 0 Å². The second kappa shape index (κ2) is 5.76. The predicted octanol–water partition coefficient (Wildman–Crippen LogP) is -0.346. The van der Waals surface area contributed by atoms with Gasteiger partial charge in [0.05, 0.1) is 17.9 Å². The summed E-state index contributed by atoms with van der Waals surface area (Å²) >= 11 is 0. The van der Waals surface area contributed by atoms with E-state index in [0.717, 1.165) is 25.9 Å². The number of aliphatic carboxylic acids is 1. The van der Waals surface area contributed by atoms with Gasteiger partial charge in [-0.15, -0.1) is 0 Å². The molecule has 0 amide bonds. The highest BCUT2D eigenvalue weighted by molar-refractivity contribution is 7.91. The molecule has 2 heterocycles. The van der Waals surface area contributed by atoms with Crippen LogP contribution in [0.5, 0.6) is 0 Å². The van der Waals surface area contributed by atoms with Crippen LogP contribution in [0.4, 0.5) is 0 Å². The first-order valence-electron chi connectivity index (χ1n) is 6.74. The number of likely N-dealkylation sites (tertiary alicyclic amines) is 1. The van der Waals surface area contributed by atoms with Crippen LogP contribution >= 0.6 is 0 Å². The summed E-state index contributed by atoms with van der Waals surface area (Å²) in [5, 5.41) is 8.97. The largest absolute Gasteiger partial charge is 0.481 e.